The van der Waals surface area contributed by atoms with Crippen LogP contribution in [0.3, 0.4) is 0 Å². The van der Waals surface area contributed by atoms with Crippen LogP contribution in [0.1, 0.15) is 98.3 Å². The number of rotatable bonds is 4. The average molecular weight is 515 g/mol. The number of esters is 1. The molecule has 9 unspecified atom stereocenters. The van der Waals surface area contributed by atoms with Gasteiger partial charge in [-0.3, -0.25) is 9.59 Å². The number of carboxylic acid groups (broad SMARTS) is 1. The molecule has 5 fully saturated rings. The molecule has 4 aliphatic carbocycles. The van der Waals surface area contributed by atoms with Crippen LogP contribution in [0.15, 0.2) is 11.6 Å². The van der Waals surface area contributed by atoms with Crippen molar-refractivity contribution in [3.63, 3.8) is 0 Å². The van der Waals surface area contributed by atoms with E-state index in [9.17, 15) is 9.59 Å². The minimum atomic E-state index is -0.953. The van der Waals surface area contributed by atoms with Crippen LogP contribution in [0.2, 0.25) is 0 Å². The van der Waals surface area contributed by atoms with Crippen molar-refractivity contribution in [2.24, 2.45) is 46.3 Å². The van der Waals surface area contributed by atoms with Crippen molar-refractivity contribution in [2.45, 2.75) is 116 Å². The Morgan fingerprint density at radius 1 is 1.08 bits per heavy atom. The summed E-state index contributed by atoms with van der Waals surface area (Å²) < 4.78 is 19.1. The molecule has 6 rings (SSSR count). The lowest BCUT2D eigenvalue weighted by atomic mass is 9.47. The first-order valence-corrected chi connectivity index (χ1v) is 15.0. The summed E-state index contributed by atoms with van der Waals surface area (Å²) in [7, 11) is 0. The maximum atomic E-state index is 12.2. The maximum Gasteiger partial charge on any atom is 0.306 e. The fourth-order valence-electron chi connectivity index (χ4n) is 10.2. The Morgan fingerprint density at radius 3 is 2.62 bits per heavy atom. The van der Waals surface area contributed by atoms with Gasteiger partial charge < -0.3 is 19.3 Å². The lowest BCUT2D eigenvalue weighted by molar-refractivity contribution is -0.272. The second-order valence-electron chi connectivity index (χ2n) is 14.0. The largest absolute Gasteiger partial charge is 0.481 e. The second kappa shape index (κ2) is 9.08. The summed E-state index contributed by atoms with van der Waals surface area (Å²) in [5, 5.41) is 8.86. The number of allylic oxidation sites excluding steroid dienone is 1. The number of carboxylic acids is 1. The van der Waals surface area contributed by atoms with Crippen LogP contribution in [-0.2, 0) is 23.8 Å². The summed E-state index contributed by atoms with van der Waals surface area (Å²) >= 11 is 0. The van der Waals surface area contributed by atoms with Crippen LogP contribution >= 0.6 is 0 Å². The molecule has 0 aromatic carbocycles. The fourth-order valence-corrected chi connectivity index (χ4v) is 10.2. The van der Waals surface area contributed by atoms with Gasteiger partial charge in [0.05, 0.1) is 25.6 Å². The predicted octanol–water partition coefficient (Wildman–Crippen LogP) is 6.13. The molecule has 2 aliphatic heterocycles. The lowest BCUT2D eigenvalue weighted by Crippen LogP contribution is -2.52. The van der Waals surface area contributed by atoms with E-state index in [-0.39, 0.29) is 36.1 Å². The number of aliphatic carboxylic acids is 1. The van der Waals surface area contributed by atoms with E-state index in [1.807, 2.05) is 0 Å². The first kappa shape index (κ1) is 25.9. The Balaban J connectivity index is 1.16. The lowest BCUT2D eigenvalue weighted by Gasteiger charge is -2.58. The molecule has 0 bridgehead atoms. The van der Waals surface area contributed by atoms with Crippen molar-refractivity contribution in [3.05, 3.63) is 11.6 Å². The molecule has 2 saturated heterocycles. The molecule has 2 heterocycles. The number of hydrogen-bond acceptors (Lipinski definition) is 5. The van der Waals surface area contributed by atoms with E-state index in [4.69, 9.17) is 19.3 Å². The highest BCUT2D eigenvalue weighted by atomic mass is 16.7. The Morgan fingerprint density at radius 2 is 1.89 bits per heavy atom. The molecule has 6 nitrogen and oxygen atoms in total. The zero-order chi connectivity index (χ0) is 26.2. The third-order valence-corrected chi connectivity index (χ3v) is 12.2. The molecular formula is C31H46O6. The summed E-state index contributed by atoms with van der Waals surface area (Å²) in [4.78, 5) is 23.0. The molecule has 0 aromatic heterocycles. The summed E-state index contributed by atoms with van der Waals surface area (Å²) in [5.41, 5.74) is 1.98. The molecule has 37 heavy (non-hydrogen) atoms. The van der Waals surface area contributed by atoms with E-state index >= 15 is 0 Å². The highest BCUT2D eigenvalue weighted by Crippen LogP contribution is 2.70. The molecule has 0 radical (unpaired) electrons. The maximum absolute atomic E-state index is 12.2. The number of carbonyl (C=O) groups is 2. The topological polar surface area (TPSA) is 82.1 Å². The van der Waals surface area contributed by atoms with Crippen LogP contribution in [0, 0.1) is 46.3 Å². The van der Waals surface area contributed by atoms with Crippen molar-refractivity contribution in [2.75, 3.05) is 6.61 Å². The Hall–Kier alpha value is -1.40. The minimum Gasteiger partial charge on any atom is -0.481 e. The smallest absolute Gasteiger partial charge is 0.306 e. The second-order valence-corrected chi connectivity index (χ2v) is 14.0. The van der Waals surface area contributed by atoms with Crippen LogP contribution in [-0.4, -0.2) is 41.6 Å². The van der Waals surface area contributed by atoms with Crippen LogP contribution in [0.25, 0.3) is 0 Å². The zero-order valence-corrected chi connectivity index (χ0v) is 23.2. The molecule has 6 aliphatic rings. The van der Waals surface area contributed by atoms with E-state index in [2.05, 4.69) is 33.8 Å². The van der Waals surface area contributed by atoms with Gasteiger partial charge in [0.2, 0.25) is 0 Å². The van der Waals surface area contributed by atoms with Gasteiger partial charge in [0.15, 0.2) is 5.79 Å². The highest BCUT2D eigenvalue weighted by Gasteiger charge is 2.68. The van der Waals surface area contributed by atoms with Gasteiger partial charge in [0.1, 0.15) is 6.10 Å². The normalized spacial score (nSPS) is 50.4. The third-order valence-electron chi connectivity index (χ3n) is 12.2. The first-order chi connectivity index (χ1) is 17.6. The zero-order valence-electron chi connectivity index (χ0n) is 23.2. The summed E-state index contributed by atoms with van der Waals surface area (Å²) in [5.74, 6) is 2.08. The van der Waals surface area contributed by atoms with Gasteiger partial charge in [-0.2, -0.15) is 0 Å². The average Bonchev–Trinajstić information content (AvgIpc) is 3.30. The number of hydrogen-bond donors (Lipinski definition) is 1. The third kappa shape index (κ3) is 4.02. The summed E-state index contributed by atoms with van der Waals surface area (Å²) in [6.07, 6.45) is 12.4. The van der Waals surface area contributed by atoms with Crippen LogP contribution in [0.5, 0.6) is 0 Å². The van der Waals surface area contributed by atoms with Gasteiger partial charge in [0, 0.05) is 18.8 Å². The molecule has 11 atom stereocenters. The van der Waals surface area contributed by atoms with Gasteiger partial charge in [-0.15, -0.1) is 0 Å². The number of ether oxygens (including phenoxy) is 3. The molecule has 6 heteroatoms. The van der Waals surface area contributed by atoms with Gasteiger partial charge in [0.25, 0.3) is 0 Å². The van der Waals surface area contributed by atoms with Crippen molar-refractivity contribution >= 4 is 11.9 Å². The molecule has 206 valence electrons. The van der Waals surface area contributed by atoms with Crippen molar-refractivity contribution in [1.29, 1.82) is 0 Å². The predicted molar refractivity (Wildman–Crippen MR) is 138 cm³/mol. The van der Waals surface area contributed by atoms with E-state index < -0.39 is 5.97 Å². The van der Waals surface area contributed by atoms with Gasteiger partial charge in [-0.05, 0) is 85.4 Å². The van der Waals surface area contributed by atoms with E-state index in [1.165, 1.54) is 31.3 Å². The highest BCUT2D eigenvalue weighted by molar-refractivity contribution is 5.76. The first-order valence-electron chi connectivity index (χ1n) is 15.0. The van der Waals surface area contributed by atoms with Crippen molar-refractivity contribution in [1.82, 2.24) is 0 Å². The van der Waals surface area contributed by atoms with Crippen LogP contribution < -0.4 is 0 Å². The van der Waals surface area contributed by atoms with E-state index in [1.54, 1.807) is 0 Å². The molecule has 1 spiro atoms. The molecule has 0 amide bonds. The van der Waals surface area contributed by atoms with Gasteiger partial charge >= 0.3 is 11.9 Å². The SMILES string of the molecule is CC1CCC2(OC1)OC1CC3C4CC=C5CC(OC(=O)CCC(=O)O)CC[C@]5(C)C4CC[C@]3(C)C1C2C. The molecular weight excluding hydrogens is 468 g/mol. The molecule has 3 saturated carbocycles. The Labute approximate surface area is 221 Å². The van der Waals surface area contributed by atoms with E-state index in [0.29, 0.717) is 47.0 Å². The fraction of sp³-hybridized carbons (Fsp3) is 0.871. The Kier molecular flexibility index (Phi) is 6.34. The summed E-state index contributed by atoms with van der Waals surface area (Å²) in [6, 6.07) is 0. The van der Waals surface area contributed by atoms with Gasteiger partial charge in [-0.25, -0.2) is 0 Å². The Bertz CT molecular complexity index is 965. The van der Waals surface area contributed by atoms with Crippen molar-refractivity contribution in [3.8, 4) is 0 Å². The standard InChI is InChI=1S/C31H46O6/c1-18-9-14-31(35-17-18)19(2)28-25(37-31)16-24-22-6-5-20-15-21(36-27(34)8-7-26(32)33)10-12-29(20,3)23(22)11-13-30(24,28)4/h5,18-19,21-25,28H,6-17H2,1-4H3,(H,32,33)/t18?,19?,21?,22?,23?,24?,25?,28?,29-,30-,31?/m0/s1. The van der Waals surface area contributed by atoms with E-state index in [0.717, 1.165) is 38.7 Å². The molecule has 1 N–H and O–H groups in total. The minimum absolute atomic E-state index is 0.0404. The number of carbonyl (C=O) groups excluding carboxylic acids is 1. The number of fused-ring (bicyclic) bond motifs is 7. The monoisotopic (exact) mass is 514 g/mol. The summed E-state index contributed by atoms with van der Waals surface area (Å²) in [6.45, 7) is 10.6. The van der Waals surface area contributed by atoms with Gasteiger partial charge in [-0.1, -0.05) is 39.3 Å². The van der Waals surface area contributed by atoms with Crippen LogP contribution in [0.4, 0.5) is 0 Å². The van der Waals surface area contributed by atoms with Crippen molar-refractivity contribution < 1.29 is 28.9 Å². The molecule has 0 aromatic rings. The quantitative estimate of drug-likeness (QED) is 0.359.